The van der Waals surface area contributed by atoms with Crippen molar-refractivity contribution in [3.63, 3.8) is 0 Å². The number of hydrogen-bond acceptors (Lipinski definition) is 9. The smallest absolute Gasteiger partial charge is 0.355 e. The van der Waals surface area contributed by atoms with Gasteiger partial charge in [-0.2, -0.15) is 0 Å². The number of hydrogen-bond donors (Lipinski definition) is 0. The van der Waals surface area contributed by atoms with Gasteiger partial charge in [-0.25, -0.2) is 9.59 Å². The molecular formula is C17H14N2O8. The van der Waals surface area contributed by atoms with Crippen molar-refractivity contribution in [2.24, 2.45) is 0 Å². The third-order valence-corrected chi connectivity index (χ3v) is 3.82. The molecule has 0 spiro atoms. The van der Waals surface area contributed by atoms with Crippen molar-refractivity contribution < 1.29 is 33.5 Å². The minimum absolute atomic E-state index is 0.00833. The number of carbonyl (C=O) groups is 2. The SMILES string of the molecule is COC(=O)C1=C(C(=O)OC)N(c2cc3c(cc2[N+](=O)[O-])OCO3)C=CC=C1. The predicted molar refractivity (Wildman–Crippen MR) is 91.0 cm³/mol. The zero-order chi connectivity index (χ0) is 19.6. The van der Waals surface area contributed by atoms with Crippen molar-refractivity contribution in [1.82, 2.24) is 0 Å². The molecule has 2 aliphatic rings. The molecule has 0 saturated heterocycles. The number of nitro benzene ring substituents is 1. The fourth-order valence-electron chi connectivity index (χ4n) is 2.61. The molecule has 0 bridgehead atoms. The summed E-state index contributed by atoms with van der Waals surface area (Å²) >= 11 is 0. The molecule has 27 heavy (non-hydrogen) atoms. The van der Waals surface area contributed by atoms with Gasteiger partial charge in [-0.1, -0.05) is 6.08 Å². The molecule has 0 unspecified atom stereocenters. The van der Waals surface area contributed by atoms with Crippen LogP contribution >= 0.6 is 0 Å². The number of methoxy groups -OCH3 is 2. The average molecular weight is 374 g/mol. The lowest BCUT2D eigenvalue weighted by atomic mass is 10.1. The van der Waals surface area contributed by atoms with E-state index in [0.717, 1.165) is 14.2 Å². The molecule has 0 amide bonds. The van der Waals surface area contributed by atoms with Crippen molar-refractivity contribution in [2.75, 3.05) is 25.9 Å². The van der Waals surface area contributed by atoms with Crippen LogP contribution in [0.5, 0.6) is 11.5 Å². The van der Waals surface area contributed by atoms with E-state index in [0.29, 0.717) is 0 Å². The van der Waals surface area contributed by atoms with Gasteiger partial charge >= 0.3 is 11.9 Å². The van der Waals surface area contributed by atoms with E-state index in [1.54, 1.807) is 0 Å². The molecular weight excluding hydrogens is 360 g/mol. The molecule has 10 nitrogen and oxygen atoms in total. The lowest BCUT2D eigenvalue weighted by molar-refractivity contribution is -0.384. The van der Waals surface area contributed by atoms with Crippen molar-refractivity contribution in [2.45, 2.75) is 0 Å². The summed E-state index contributed by atoms with van der Waals surface area (Å²) in [4.78, 5) is 36.7. The van der Waals surface area contributed by atoms with Gasteiger partial charge in [0.1, 0.15) is 11.4 Å². The van der Waals surface area contributed by atoms with Gasteiger partial charge < -0.3 is 23.8 Å². The Morgan fingerprint density at radius 2 is 1.78 bits per heavy atom. The Labute approximate surface area is 153 Å². The summed E-state index contributed by atoms with van der Waals surface area (Å²) in [6, 6.07) is 2.55. The monoisotopic (exact) mass is 374 g/mol. The standard InChI is InChI=1S/C17H14N2O8/c1-24-16(20)10-5-3-4-6-18(15(10)17(21)25-2)11-7-13-14(27-9-26-13)8-12(11)19(22)23/h3-8H,9H2,1-2H3. The van der Waals surface area contributed by atoms with Crippen molar-refractivity contribution >= 4 is 23.3 Å². The maximum absolute atomic E-state index is 12.4. The third-order valence-electron chi connectivity index (χ3n) is 3.82. The van der Waals surface area contributed by atoms with E-state index in [2.05, 4.69) is 0 Å². The van der Waals surface area contributed by atoms with Gasteiger partial charge in [-0.3, -0.25) is 10.1 Å². The van der Waals surface area contributed by atoms with Gasteiger partial charge in [0.15, 0.2) is 11.5 Å². The van der Waals surface area contributed by atoms with Crippen LogP contribution in [0.4, 0.5) is 11.4 Å². The quantitative estimate of drug-likeness (QED) is 0.442. The summed E-state index contributed by atoms with van der Waals surface area (Å²) in [5, 5.41) is 11.6. The Bertz CT molecular complexity index is 916. The molecule has 2 heterocycles. The second-order valence-corrected chi connectivity index (χ2v) is 5.27. The highest BCUT2D eigenvalue weighted by Crippen LogP contribution is 2.43. The number of ether oxygens (including phenoxy) is 4. The summed E-state index contributed by atoms with van der Waals surface area (Å²) in [5.41, 5.74) is -0.722. The van der Waals surface area contributed by atoms with E-state index in [-0.39, 0.29) is 40.9 Å². The van der Waals surface area contributed by atoms with Gasteiger partial charge in [0.05, 0.1) is 30.8 Å². The highest BCUT2D eigenvalue weighted by Gasteiger charge is 2.33. The molecule has 3 rings (SSSR count). The summed E-state index contributed by atoms with van der Waals surface area (Å²) in [7, 11) is 2.29. The molecule has 0 saturated carbocycles. The minimum Gasteiger partial charge on any atom is -0.465 e. The molecule has 140 valence electrons. The van der Waals surface area contributed by atoms with Gasteiger partial charge in [-0.05, 0) is 12.2 Å². The van der Waals surface area contributed by atoms with Crippen LogP contribution in [0.1, 0.15) is 0 Å². The highest BCUT2D eigenvalue weighted by molar-refractivity contribution is 6.06. The van der Waals surface area contributed by atoms with Crippen molar-refractivity contribution in [3.05, 3.63) is 57.9 Å². The number of esters is 2. The lowest BCUT2D eigenvalue weighted by Crippen LogP contribution is -2.27. The fourth-order valence-corrected chi connectivity index (χ4v) is 2.61. The molecule has 0 atom stereocenters. The predicted octanol–water partition coefficient (Wildman–Crippen LogP) is 1.81. The summed E-state index contributed by atoms with van der Waals surface area (Å²) in [6.07, 6.45) is 5.75. The van der Waals surface area contributed by atoms with E-state index in [4.69, 9.17) is 18.9 Å². The molecule has 2 aliphatic heterocycles. The maximum atomic E-state index is 12.4. The molecule has 0 fully saturated rings. The number of allylic oxidation sites excluding steroid dienone is 2. The number of rotatable bonds is 4. The topological polar surface area (TPSA) is 117 Å². The number of nitrogens with zero attached hydrogens (tertiary/aromatic N) is 2. The first kappa shape index (κ1) is 18.0. The summed E-state index contributed by atoms with van der Waals surface area (Å²) in [6.45, 7) is -0.0829. The van der Waals surface area contributed by atoms with E-state index in [1.807, 2.05) is 0 Å². The number of anilines is 1. The van der Waals surface area contributed by atoms with Gasteiger partial charge in [0.25, 0.3) is 5.69 Å². The second-order valence-electron chi connectivity index (χ2n) is 5.27. The van der Waals surface area contributed by atoms with Crippen molar-refractivity contribution in [1.29, 1.82) is 0 Å². The van der Waals surface area contributed by atoms with Crippen molar-refractivity contribution in [3.8, 4) is 11.5 Å². The van der Waals surface area contributed by atoms with Gasteiger partial charge in [0, 0.05) is 12.3 Å². The Kier molecular flexibility index (Phi) is 4.79. The van der Waals surface area contributed by atoms with Crippen LogP contribution in [0.3, 0.4) is 0 Å². The molecule has 0 aliphatic carbocycles. The fraction of sp³-hybridized carbons (Fsp3) is 0.176. The molecule has 0 radical (unpaired) electrons. The van der Waals surface area contributed by atoms with Gasteiger partial charge in [-0.15, -0.1) is 0 Å². The molecule has 1 aromatic carbocycles. The summed E-state index contributed by atoms with van der Waals surface area (Å²) < 4.78 is 19.9. The zero-order valence-corrected chi connectivity index (χ0v) is 14.3. The first-order chi connectivity index (χ1) is 13.0. The maximum Gasteiger partial charge on any atom is 0.355 e. The van der Waals surface area contributed by atoms with Crippen LogP contribution in [0, 0.1) is 10.1 Å². The number of nitro groups is 1. The largest absolute Gasteiger partial charge is 0.465 e. The summed E-state index contributed by atoms with van der Waals surface area (Å²) in [5.74, 6) is -1.20. The van der Waals surface area contributed by atoms with Gasteiger partial charge in [0.2, 0.25) is 6.79 Å². The number of fused-ring (bicyclic) bond motifs is 1. The Hall–Kier alpha value is -3.82. The lowest BCUT2D eigenvalue weighted by Gasteiger charge is -2.23. The van der Waals surface area contributed by atoms with E-state index in [1.165, 1.54) is 41.5 Å². The second kappa shape index (κ2) is 7.20. The van der Waals surface area contributed by atoms with Crippen LogP contribution in [0.15, 0.2) is 47.8 Å². The Morgan fingerprint density at radius 1 is 1.11 bits per heavy atom. The normalized spacial score (nSPS) is 14.8. The molecule has 0 aromatic heterocycles. The minimum atomic E-state index is -0.876. The number of carbonyl (C=O) groups excluding carboxylic acids is 2. The molecule has 10 heteroatoms. The van der Waals surface area contributed by atoms with E-state index in [9.17, 15) is 19.7 Å². The highest BCUT2D eigenvalue weighted by atomic mass is 16.7. The molecule has 1 aromatic rings. The first-order valence-corrected chi connectivity index (χ1v) is 7.61. The van der Waals surface area contributed by atoms with Crippen LogP contribution in [0.2, 0.25) is 0 Å². The molecule has 0 N–H and O–H groups in total. The van der Waals surface area contributed by atoms with E-state index < -0.39 is 16.9 Å². The van der Waals surface area contributed by atoms with Crippen LogP contribution in [-0.4, -0.2) is 37.9 Å². The van der Waals surface area contributed by atoms with Crippen LogP contribution in [0.25, 0.3) is 0 Å². The number of benzene rings is 1. The Balaban J connectivity index is 2.26. The zero-order valence-electron chi connectivity index (χ0n) is 14.3. The third kappa shape index (κ3) is 3.19. The first-order valence-electron chi connectivity index (χ1n) is 7.61. The van der Waals surface area contributed by atoms with E-state index >= 15 is 0 Å². The van der Waals surface area contributed by atoms with Crippen LogP contribution < -0.4 is 14.4 Å². The van der Waals surface area contributed by atoms with Crippen LogP contribution in [-0.2, 0) is 19.1 Å². The average Bonchev–Trinajstić information content (AvgIpc) is 3.02. The Morgan fingerprint density at radius 3 is 2.41 bits per heavy atom.